The standard InChI is InChI=1S/C14H19FN4.3ClH/c1-2-19-13-4-3-11(15)9-12(13)17-14(19)10-18-7-5-16-6-8-18;;;/h3-4,9,16H,2,5-8,10H2,1H3;3*1H. The van der Waals surface area contributed by atoms with E-state index < -0.39 is 0 Å². The van der Waals surface area contributed by atoms with Gasteiger partial charge in [0.05, 0.1) is 17.6 Å². The number of hydrogen-bond acceptors (Lipinski definition) is 3. The number of fused-ring (bicyclic) bond motifs is 1. The monoisotopic (exact) mass is 370 g/mol. The molecule has 1 aliphatic rings. The van der Waals surface area contributed by atoms with E-state index in [1.807, 2.05) is 6.07 Å². The molecule has 0 saturated carbocycles. The number of halogens is 4. The fourth-order valence-electron chi connectivity index (χ4n) is 2.70. The summed E-state index contributed by atoms with van der Waals surface area (Å²) in [6.07, 6.45) is 0. The van der Waals surface area contributed by atoms with E-state index in [-0.39, 0.29) is 43.0 Å². The summed E-state index contributed by atoms with van der Waals surface area (Å²) in [4.78, 5) is 6.99. The van der Waals surface area contributed by atoms with Gasteiger partial charge in [-0.05, 0) is 19.1 Å². The van der Waals surface area contributed by atoms with Gasteiger partial charge < -0.3 is 9.88 Å². The zero-order valence-corrected chi connectivity index (χ0v) is 14.9. The Bertz CT molecular complexity index is 585. The van der Waals surface area contributed by atoms with E-state index in [4.69, 9.17) is 0 Å². The predicted octanol–water partition coefficient (Wildman–Crippen LogP) is 2.87. The number of benzene rings is 1. The first-order valence-corrected chi connectivity index (χ1v) is 6.85. The molecule has 0 amide bonds. The fraction of sp³-hybridized carbons (Fsp3) is 0.500. The van der Waals surface area contributed by atoms with Crippen LogP contribution in [0.3, 0.4) is 0 Å². The molecule has 2 heterocycles. The van der Waals surface area contributed by atoms with Crippen molar-refractivity contribution < 1.29 is 4.39 Å². The number of rotatable bonds is 3. The highest BCUT2D eigenvalue weighted by Gasteiger charge is 2.15. The van der Waals surface area contributed by atoms with Crippen molar-refractivity contribution in [2.24, 2.45) is 0 Å². The number of nitrogens with zero attached hydrogens (tertiary/aromatic N) is 3. The highest BCUT2D eigenvalue weighted by molar-refractivity contribution is 5.86. The van der Waals surface area contributed by atoms with Gasteiger partial charge in [0.2, 0.25) is 0 Å². The van der Waals surface area contributed by atoms with Gasteiger partial charge in [0.25, 0.3) is 0 Å². The number of aryl methyl sites for hydroxylation is 1. The molecule has 22 heavy (non-hydrogen) atoms. The second-order valence-corrected chi connectivity index (χ2v) is 4.93. The van der Waals surface area contributed by atoms with Gasteiger partial charge in [-0.1, -0.05) is 0 Å². The van der Waals surface area contributed by atoms with Crippen molar-refractivity contribution in [1.29, 1.82) is 0 Å². The van der Waals surface area contributed by atoms with Crippen LogP contribution in [0.2, 0.25) is 0 Å². The Hall–Kier alpha value is -0.590. The van der Waals surface area contributed by atoms with Crippen LogP contribution in [-0.2, 0) is 13.1 Å². The SMILES string of the molecule is CCn1c(CN2CCNCC2)nc2cc(F)ccc21.Cl.Cl.Cl. The second-order valence-electron chi connectivity index (χ2n) is 4.93. The minimum Gasteiger partial charge on any atom is -0.327 e. The first kappa shape index (κ1) is 21.4. The molecule has 1 aliphatic heterocycles. The molecule has 2 aromatic rings. The number of aromatic nitrogens is 2. The molecule has 0 unspecified atom stereocenters. The first-order valence-electron chi connectivity index (χ1n) is 6.85. The third-order valence-corrected chi connectivity index (χ3v) is 3.68. The van der Waals surface area contributed by atoms with E-state index in [1.165, 1.54) is 12.1 Å². The topological polar surface area (TPSA) is 33.1 Å². The van der Waals surface area contributed by atoms with Gasteiger partial charge in [-0.25, -0.2) is 9.37 Å². The summed E-state index contributed by atoms with van der Waals surface area (Å²) < 4.78 is 15.4. The Labute approximate surface area is 148 Å². The van der Waals surface area contributed by atoms with Crippen molar-refractivity contribution >= 4 is 48.3 Å². The van der Waals surface area contributed by atoms with Crippen LogP contribution in [0.15, 0.2) is 18.2 Å². The predicted molar refractivity (Wildman–Crippen MR) is 95.3 cm³/mol. The number of piperazine rings is 1. The van der Waals surface area contributed by atoms with Gasteiger partial charge in [0, 0.05) is 38.8 Å². The van der Waals surface area contributed by atoms with Crippen molar-refractivity contribution in [3.05, 3.63) is 29.8 Å². The molecule has 1 aromatic carbocycles. The lowest BCUT2D eigenvalue weighted by atomic mass is 10.3. The lowest BCUT2D eigenvalue weighted by Crippen LogP contribution is -2.43. The third kappa shape index (κ3) is 4.46. The molecular weight excluding hydrogens is 350 g/mol. The highest BCUT2D eigenvalue weighted by atomic mass is 35.5. The smallest absolute Gasteiger partial charge is 0.125 e. The minimum absolute atomic E-state index is 0. The van der Waals surface area contributed by atoms with Crippen molar-refractivity contribution in [2.75, 3.05) is 26.2 Å². The lowest BCUT2D eigenvalue weighted by Gasteiger charge is -2.26. The Kier molecular flexibility index (Phi) is 9.27. The van der Waals surface area contributed by atoms with Gasteiger partial charge >= 0.3 is 0 Å². The first-order chi connectivity index (χ1) is 9.28. The molecule has 0 spiro atoms. The van der Waals surface area contributed by atoms with Crippen molar-refractivity contribution in [3.8, 4) is 0 Å². The normalized spacial score (nSPS) is 14.8. The van der Waals surface area contributed by atoms with Gasteiger partial charge in [-0.15, -0.1) is 37.2 Å². The number of hydrogen-bond donors (Lipinski definition) is 1. The van der Waals surface area contributed by atoms with E-state index >= 15 is 0 Å². The van der Waals surface area contributed by atoms with Gasteiger partial charge in [0.1, 0.15) is 11.6 Å². The molecule has 0 atom stereocenters. The average Bonchev–Trinajstić information content (AvgIpc) is 2.76. The molecule has 8 heteroatoms. The molecule has 0 radical (unpaired) electrons. The van der Waals surface area contributed by atoms with Crippen molar-refractivity contribution in [1.82, 2.24) is 19.8 Å². The van der Waals surface area contributed by atoms with E-state index in [2.05, 4.69) is 26.7 Å². The second kappa shape index (κ2) is 9.53. The van der Waals surface area contributed by atoms with E-state index in [0.29, 0.717) is 0 Å². The van der Waals surface area contributed by atoms with Crippen LogP contribution in [0, 0.1) is 5.82 Å². The molecule has 3 rings (SSSR count). The largest absolute Gasteiger partial charge is 0.327 e. The molecule has 1 fully saturated rings. The van der Waals surface area contributed by atoms with E-state index in [0.717, 1.165) is 56.1 Å². The lowest BCUT2D eigenvalue weighted by molar-refractivity contribution is 0.225. The van der Waals surface area contributed by atoms with Crippen LogP contribution in [0.1, 0.15) is 12.7 Å². The molecule has 0 bridgehead atoms. The summed E-state index contributed by atoms with van der Waals surface area (Å²) in [7, 11) is 0. The fourth-order valence-corrected chi connectivity index (χ4v) is 2.70. The average molecular weight is 372 g/mol. The summed E-state index contributed by atoms with van der Waals surface area (Å²) in [6, 6.07) is 4.84. The Morgan fingerprint density at radius 3 is 2.50 bits per heavy atom. The maximum absolute atomic E-state index is 13.3. The van der Waals surface area contributed by atoms with Crippen LogP contribution >= 0.6 is 37.2 Å². The minimum atomic E-state index is -0.220. The van der Waals surface area contributed by atoms with Gasteiger partial charge in [-0.2, -0.15) is 0 Å². The highest BCUT2D eigenvalue weighted by Crippen LogP contribution is 2.18. The van der Waals surface area contributed by atoms with Crippen LogP contribution in [0.4, 0.5) is 4.39 Å². The van der Waals surface area contributed by atoms with Crippen molar-refractivity contribution in [2.45, 2.75) is 20.0 Å². The van der Waals surface area contributed by atoms with Crippen LogP contribution in [0.5, 0.6) is 0 Å². The molecule has 126 valence electrons. The third-order valence-electron chi connectivity index (χ3n) is 3.68. The van der Waals surface area contributed by atoms with Gasteiger partial charge in [-0.3, -0.25) is 4.90 Å². The molecule has 4 nitrogen and oxygen atoms in total. The maximum atomic E-state index is 13.3. The molecular formula is C14H22Cl3FN4. The quantitative estimate of drug-likeness (QED) is 0.900. The van der Waals surface area contributed by atoms with Gasteiger partial charge in [0.15, 0.2) is 0 Å². The molecule has 1 saturated heterocycles. The van der Waals surface area contributed by atoms with Crippen LogP contribution in [0.25, 0.3) is 11.0 Å². The van der Waals surface area contributed by atoms with E-state index in [1.54, 1.807) is 0 Å². The Morgan fingerprint density at radius 1 is 1.18 bits per heavy atom. The van der Waals surface area contributed by atoms with Crippen molar-refractivity contribution in [3.63, 3.8) is 0 Å². The molecule has 1 N–H and O–H groups in total. The Morgan fingerprint density at radius 2 is 1.86 bits per heavy atom. The zero-order chi connectivity index (χ0) is 13.2. The summed E-state index contributed by atoms with van der Waals surface area (Å²) in [5.41, 5.74) is 1.78. The van der Waals surface area contributed by atoms with Crippen LogP contribution in [-0.4, -0.2) is 40.6 Å². The Balaban J connectivity index is 0.00000147. The summed E-state index contributed by atoms with van der Waals surface area (Å²) >= 11 is 0. The summed E-state index contributed by atoms with van der Waals surface area (Å²) in [5, 5.41) is 3.34. The number of imidazole rings is 1. The number of nitrogens with one attached hydrogen (secondary N) is 1. The maximum Gasteiger partial charge on any atom is 0.125 e. The zero-order valence-electron chi connectivity index (χ0n) is 12.4. The van der Waals surface area contributed by atoms with Crippen LogP contribution < -0.4 is 5.32 Å². The summed E-state index contributed by atoms with van der Waals surface area (Å²) in [6.45, 7) is 7.95. The summed E-state index contributed by atoms with van der Waals surface area (Å²) in [5.74, 6) is 0.812. The molecule has 0 aliphatic carbocycles. The molecule has 1 aromatic heterocycles. The van der Waals surface area contributed by atoms with E-state index in [9.17, 15) is 4.39 Å².